The Morgan fingerprint density at radius 1 is 1.21 bits per heavy atom. The molecule has 2 N–H and O–H groups in total. The van der Waals surface area contributed by atoms with Crippen molar-refractivity contribution in [1.29, 1.82) is 0 Å². The number of aliphatic hydroxyl groups excluding tert-OH is 2. The molecule has 0 heterocycles. The van der Waals surface area contributed by atoms with E-state index in [4.69, 9.17) is 5.11 Å². The molecule has 0 amide bonds. The summed E-state index contributed by atoms with van der Waals surface area (Å²) in [6.07, 6.45) is -0.773. The van der Waals surface area contributed by atoms with Gasteiger partial charge in [0.15, 0.2) is 0 Å². The molecule has 14 heavy (non-hydrogen) atoms. The molecule has 1 atom stereocenters. The van der Waals surface area contributed by atoms with Gasteiger partial charge in [-0.1, -0.05) is 45.0 Å². The minimum absolute atomic E-state index is 0.00720. The quantitative estimate of drug-likeness (QED) is 0.756. The third-order valence-electron chi connectivity index (χ3n) is 2.30. The van der Waals surface area contributed by atoms with Crippen molar-refractivity contribution in [3.8, 4) is 0 Å². The van der Waals surface area contributed by atoms with Crippen LogP contribution in [0.5, 0.6) is 0 Å². The number of hydrogen-bond donors (Lipinski definition) is 2. The molecule has 0 aliphatic heterocycles. The number of rotatable bonds is 2. The van der Waals surface area contributed by atoms with Crippen molar-refractivity contribution in [3.05, 3.63) is 35.4 Å². The predicted octanol–water partition coefficient (Wildman–Crippen LogP) is 2.01. The lowest BCUT2D eigenvalue weighted by atomic mass is 9.82. The maximum Gasteiger partial charge on any atom is 0.102 e. The number of aliphatic hydroxyl groups is 2. The van der Waals surface area contributed by atoms with E-state index in [0.717, 1.165) is 11.1 Å². The van der Waals surface area contributed by atoms with Crippen LogP contribution in [0.25, 0.3) is 0 Å². The highest BCUT2D eigenvalue weighted by Gasteiger charge is 2.20. The monoisotopic (exact) mass is 194 g/mol. The highest BCUT2D eigenvalue weighted by Crippen LogP contribution is 2.29. The van der Waals surface area contributed by atoms with Crippen LogP contribution < -0.4 is 0 Å². The lowest BCUT2D eigenvalue weighted by Gasteiger charge is -2.24. The average molecular weight is 194 g/mol. The molecule has 1 rings (SSSR count). The van der Waals surface area contributed by atoms with Crippen LogP contribution in [-0.4, -0.2) is 16.8 Å². The zero-order chi connectivity index (χ0) is 10.8. The Balaban J connectivity index is 3.16. The molecule has 0 bridgehead atoms. The predicted molar refractivity (Wildman–Crippen MR) is 57.2 cm³/mol. The van der Waals surface area contributed by atoms with E-state index in [0.29, 0.717) is 0 Å². The Bertz CT molecular complexity index is 299. The van der Waals surface area contributed by atoms with Crippen molar-refractivity contribution < 1.29 is 10.2 Å². The van der Waals surface area contributed by atoms with Gasteiger partial charge < -0.3 is 10.2 Å². The molecular formula is C12H18O2. The van der Waals surface area contributed by atoms with Crippen molar-refractivity contribution in [2.75, 3.05) is 6.61 Å². The molecule has 78 valence electrons. The zero-order valence-corrected chi connectivity index (χ0v) is 8.99. The average Bonchev–Trinajstić information content (AvgIpc) is 2.15. The van der Waals surface area contributed by atoms with Crippen molar-refractivity contribution in [2.45, 2.75) is 32.3 Å². The molecular weight excluding hydrogens is 176 g/mol. The minimum atomic E-state index is -0.773. The molecule has 0 radical (unpaired) electrons. The molecule has 0 spiro atoms. The fourth-order valence-corrected chi connectivity index (χ4v) is 1.57. The first-order valence-corrected chi connectivity index (χ1v) is 4.85. The molecule has 0 saturated carbocycles. The summed E-state index contributed by atoms with van der Waals surface area (Å²) in [7, 11) is 0. The number of benzene rings is 1. The first kappa shape index (κ1) is 11.2. The van der Waals surface area contributed by atoms with E-state index in [2.05, 4.69) is 20.8 Å². The van der Waals surface area contributed by atoms with Crippen LogP contribution in [0.2, 0.25) is 0 Å². The van der Waals surface area contributed by atoms with Gasteiger partial charge in [0.1, 0.15) is 6.10 Å². The standard InChI is InChI=1S/C12H18O2/c1-12(2,3)10-7-5-4-6-9(10)11(14)8-13/h4-7,11,13-14H,8H2,1-3H3. The van der Waals surface area contributed by atoms with Gasteiger partial charge in [0.25, 0.3) is 0 Å². The molecule has 0 aliphatic carbocycles. The molecule has 0 aliphatic rings. The highest BCUT2D eigenvalue weighted by atomic mass is 16.3. The summed E-state index contributed by atoms with van der Waals surface area (Å²) in [4.78, 5) is 0. The second kappa shape index (κ2) is 4.11. The van der Waals surface area contributed by atoms with Crippen LogP contribution in [-0.2, 0) is 5.41 Å². The molecule has 0 saturated heterocycles. The summed E-state index contributed by atoms with van der Waals surface area (Å²) in [6.45, 7) is 6.05. The van der Waals surface area contributed by atoms with E-state index in [-0.39, 0.29) is 12.0 Å². The fourth-order valence-electron chi connectivity index (χ4n) is 1.57. The Morgan fingerprint density at radius 3 is 2.29 bits per heavy atom. The van der Waals surface area contributed by atoms with Crippen molar-refractivity contribution in [2.24, 2.45) is 0 Å². The zero-order valence-electron chi connectivity index (χ0n) is 8.99. The maximum absolute atomic E-state index is 9.62. The third kappa shape index (κ3) is 2.34. The fraction of sp³-hybridized carbons (Fsp3) is 0.500. The summed E-state index contributed by atoms with van der Waals surface area (Å²) in [5, 5.41) is 18.6. The van der Waals surface area contributed by atoms with Crippen LogP contribution >= 0.6 is 0 Å². The Hall–Kier alpha value is -0.860. The first-order chi connectivity index (χ1) is 6.46. The van der Waals surface area contributed by atoms with Gasteiger partial charge in [0.05, 0.1) is 6.61 Å². The molecule has 2 nitrogen and oxygen atoms in total. The third-order valence-corrected chi connectivity index (χ3v) is 2.30. The lowest BCUT2D eigenvalue weighted by Crippen LogP contribution is -2.17. The van der Waals surface area contributed by atoms with Crippen LogP contribution in [0.1, 0.15) is 38.0 Å². The topological polar surface area (TPSA) is 40.5 Å². The van der Waals surface area contributed by atoms with E-state index in [1.807, 2.05) is 24.3 Å². The Labute approximate surface area is 85.2 Å². The van der Waals surface area contributed by atoms with Gasteiger partial charge in [-0.15, -0.1) is 0 Å². The SMILES string of the molecule is CC(C)(C)c1ccccc1C(O)CO. The molecule has 1 unspecified atom stereocenters. The van der Waals surface area contributed by atoms with Gasteiger partial charge in [-0.05, 0) is 16.5 Å². The molecule has 1 aromatic carbocycles. The highest BCUT2D eigenvalue weighted by molar-refractivity contribution is 5.34. The molecule has 0 fully saturated rings. The Morgan fingerprint density at radius 2 is 1.79 bits per heavy atom. The summed E-state index contributed by atoms with van der Waals surface area (Å²) < 4.78 is 0. The van der Waals surface area contributed by atoms with Crippen LogP contribution in [0.15, 0.2) is 24.3 Å². The summed E-state index contributed by atoms with van der Waals surface area (Å²) in [5.74, 6) is 0. The van der Waals surface area contributed by atoms with E-state index < -0.39 is 6.10 Å². The van der Waals surface area contributed by atoms with Crippen molar-refractivity contribution in [3.63, 3.8) is 0 Å². The molecule has 0 aromatic heterocycles. The normalized spacial score (nSPS) is 14.1. The van der Waals surface area contributed by atoms with E-state index in [1.165, 1.54) is 0 Å². The van der Waals surface area contributed by atoms with Gasteiger partial charge >= 0.3 is 0 Å². The van der Waals surface area contributed by atoms with Gasteiger partial charge in [-0.3, -0.25) is 0 Å². The summed E-state index contributed by atoms with van der Waals surface area (Å²) in [5.41, 5.74) is 1.90. The van der Waals surface area contributed by atoms with Crippen molar-refractivity contribution in [1.82, 2.24) is 0 Å². The van der Waals surface area contributed by atoms with Gasteiger partial charge in [-0.2, -0.15) is 0 Å². The second-order valence-electron chi connectivity index (χ2n) is 4.54. The van der Waals surface area contributed by atoms with Gasteiger partial charge in [0.2, 0.25) is 0 Å². The van der Waals surface area contributed by atoms with E-state index in [1.54, 1.807) is 0 Å². The van der Waals surface area contributed by atoms with Gasteiger partial charge in [-0.25, -0.2) is 0 Å². The van der Waals surface area contributed by atoms with E-state index in [9.17, 15) is 5.11 Å². The summed E-state index contributed by atoms with van der Waals surface area (Å²) in [6, 6.07) is 7.69. The second-order valence-corrected chi connectivity index (χ2v) is 4.54. The maximum atomic E-state index is 9.62. The lowest BCUT2D eigenvalue weighted by molar-refractivity contribution is 0.0941. The first-order valence-electron chi connectivity index (χ1n) is 4.85. The number of hydrogen-bond acceptors (Lipinski definition) is 2. The van der Waals surface area contributed by atoms with E-state index >= 15 is 0 Å². The molecule has 1 aromatic rings. The Kier molecular flexibility index (Phi) is 3.29. The van der Waals surface area contributed by atoms with Crippen LogP contribution in [0.3, 0.4) is 0 Å². The largest absolute Gasteiger partial charge is 0.393 e. The van der Waals surface area contributed by atoms with Crippen molar-refractivity contribution >= 4 is 0 Å². The minimum Gasteiger partial charge on any atom is -0.393 e. The van der Waals surface area contributed by atoms with Crippen LogP contribution in [0.4, 0.5) is 0 Å². The smallest absolute Gasteiger partial charge is 0.102 e. The molecule has 2 heteroatoms. The van der Waals surface area contributed by atoms with Gasteiger partial charge in [0, 0.05) is 0 Å². The van der Waals surface area contributed by atoms with Crippen LogP contribution in [0, 0.1) is 0 Å². The summed E-state index contributed by atoms with van der Waals surface area (Å²) >= 11 is 0.